The predicted molar refractivity (Wildman–Crippen MR) is 125 cm³/mol. The SMILES string of the molecule is CCc1ccc(S(=O)(=O)c2cnc(SCC(=O)Nc3cc(OC)ccc3OC)[nH]c2=O)cc1. The van der Waals surface area contributed by atoms with Crippen molar-refractivity contribution in [2.24, 2.45) is 0 Å². The summed E-state index contributed by atoms with van der Waals surface area (Å²) in [5.41, 5.74) is 0.610. The van der Waals surface area contributed by atoms with E-state index in [1.807, 2.05) is 6.92 Å². The van der Waals surface area contributed by atoms with Gasteiger partial charge in [0, 0.05) is 6.07 Å². The summed E-state index contributed by atoms with van der Waals surface area (Å²) in [6.45, 7) is 1.96. The van der Waals surface area contributed by atoms with Gasteiger partial charge in [0.25, 0.3) is 5.56 Å². The second kappa shape index (κ2) is 10.5. The van der Waals surface area contributed by atoms with Gasteiger partial charge in [-0.25, -0.2) is 13.4 Å². The molecule has 1 heterocycles. The van der Waals surface area contributed by atoms with Gasteiger partial charge in [-0.3, -0.25) is 9.59 Å². The number of thioether (sulfide) groups is 1. The molecule has 2 N–H and O–H groups in total. The van der Waals surface area contributed by atoms with Gasteiger partial charge in [-0.1, -0.05) is 30.8 Å². The molecule has 3 aromatic rings. The van der Waals surface area contributed by atoms with Gasteiger partial charge >= 0.3 is 0 Å². The first-order valence-electron chi connectivity index (χ1n) is 9.86. The molecule has 0 spiro atoms. The van der Waals surface area contributed by atoms with Crippen LogP contribution >= 0.6 is 11.8 Å². The molecular formula is C22H23N3O6S2. The predicted octanol–water partition coefficient (Wildman–Crippen LogP) is 2.91. The zero-order chi connectivity index (χ0) is 24.0. The number of carbonyl (C=O) groups is 1. The Bertz CT molecular complexity index is 1300. The van der Waals surface area contributed by atoms with Gasteiger partial charge in [0.1, 0.15) is 11.5 Å². The summed E-state index contributed by atoms with van der Waals surface area (Å²) in [5.74, 6) is 0.559. The van der Waals surface area contributed by atoms with Crippen LogP contribution in [0.3, 0.4) is 0 Å². The Labute approximate surface area is 195 Å². The molecule has 0 aliphatic carbocycles. The molecule has 0 saturated carbocycles. The number of H-pyrrole nitrogens is 1. The first-order chi connectivity index (χ1) is 15.8. The van der Waals surface area contributed by atoms with Gasteiger partial charge in [0.15, 0.2) is 10.1 Å². The third kappa shape index (κ3) is 5.74. The van der Waals surface area contributed by atoms with E-state index in [4.69, 9.17) is 9.47 Å². The Morgan fingerprint density at radius 3 is 2.45 bits per heavy atom. The van der Waals surface area contributed by atoms with E-state index in [9.17, 15) is 18.0 Å². The van der Waals surface area contributed by atoms with Crippen molar-refractivity contribution in [3.63, 3.8) is 0 Å². The van der Waals surface area contributed by atoms with Crippen molar-refractivity contribution in [1.82, 2.24) is 9.97 Å². The average Bonchev–Trinajstić information content (AvgIpc) is 2.82. The molecule has 9 nitrogen and oxygen atoms in total. The second-order valence-electron chi connectivity index (χ2n) is 6.79. The molecule has 33 heavy (non-hydrogen) atoms. The fraction of sp³-hybridized carbons (Fsp3) is 0.227. The Morgan fingerprint density at radius 1 is 1.12 bits per heavy atom. The Hall–Kier alpha value is -3.31. The number of ether oxygens (including phenoxy) is 2. The van der Waals surface area contributed by atoms with Crippen LogP contribution < -0.4 is 20.3 Å². The Morgan fingerprint density at radius 2 is 1.85 bits per heavy atom. The molecule has 0 aliphatic rings. The highest BCUT2D eigenvalue weighted by Crippen LogP contribution is 2.29. The van der Waals surface area contributed by atoms with Gasteiger partial charge in [-0.15, -0.1) is 0 Å². The van der Waals surface area contributed by atoms with Crippen LogP contribution in [0.5, 0.6) is 11.5 Å². The smallest absolute Gasteiger partial charge is 0.270 e. The topological polar surface area (TPSA) is 127 Å². The van der Waals surface area contributed by atoms with E-state index < -0.39 is 20.3 Å². The highest BCUT2D eigenvalue weighted by atomic mass is 32.2. The van der Waals surface area contributed by atoms with Crippen LogP contribution in [0.4, 0.5) is 5.69 Å². The van der Waals surface area contributed by atoms with E-state index in [-0.39, 0.29) is 21.7 Å². The van der Waals surface area contributed by atoms with Gasteiger partial charge in [-0.2, -0.15) is 0 Å². The monoisotopic (exact) mass is 489 g/mol. The summed E-state index contributed by atoms with van der Waals surface area (Å²) < 4.78 is 36.0. The van der Waals surface area contributed by atoms with Crippen LogP contribution in [0.1, 0.15) is 12.5 Å². The molecule has 11 heteroatoms. The molecule has 0 aliphatic heterocycles. The zero-order valence-electron chi connectivity index (χ0n) is 18.2. The first-order valence-corrected chi connectivity index (χ1v) is 12.3. The Balaban J connectivity index is 1.70. The number of nitrogens with zero attached hydrogens (tertiary/aromatic N) is 1. The third-order valence-electron chi connectivity index (χ3n) is 4.70. The summed E-state index contributed by atoms with van der Waals surface area (Å²) in [6.07, 6.45) is 1.78. The number of rotatable bonds is 9. The minimum atomic E-state index is -4.02. The minimum Gasteiger partial charge on any atom is -0.497 e. The quantitative estimate of drug-likeness (QED) is 0.347. The second-order valence-corrected chi connectivity index (χ2v) is 9.67. The third-order valence-corrected chi connectivity index (χ3v) is 7.35. The van der Waals surface area contributed by atoms with Crippen LogP contribution in [-0.4, -0.2) is 44.3 Å². The molecule has 2 aromatic carbocycles. The lowest BCUT2D eigenvalue weighted by Gasteiger charge is -2.11. The molecular weight excluding hydrogens is 466 g/mol. The normalized spacial score (nSPS) is 11.1. The van der Waals surface area contributed by atoms with Gasteiger partial charge in [0.2, 0.25) is 15.7 Å². The molecule has 0 unspecified atom stereocenters. The van der Waals surface area contributed by atoms with Crippen molar-refractivity contribution >= 4 is 33.2 Å². The molecule has 174 valence electrons. The molecule has 0 radical (unpaired) electrons. The zero-order valence-corrected chi connectivity index (χ0v) is 19.9. The van der Waals surface area contributed by atoms with E-state index in [2.05, 4.69) is 15.3 Å². The number of benzene rings is 2. The number of sulfone groups is 1. The van der Waals surface area contributed by atoms with Crippen molar-refractivity contribution < 1.29 is 22.7 Å². The van der Waals surface area contributed by atoms with Crippen LogP contribution in [0.2, 0.25) is 0 Å². The van der Waals surface area contributed by atoms with Gasteiger partial charge in [-0.05, 0) is 36.2 Å². The van der Waals surface area contributed by atoms with E-state index in [0.717, 1.165) is 29.9 Å². The lowest BCUT2D eigenvalue weighted by atomic mass is 10.2. The van der Waals surface area contributed by atoms with E-state index in [0.29, 0.717) is 17.2 Å². The average molecular weight is 490 g/mol. The van der Waals surface area contributed by atoms with Crippen molar-refractivity contribution in [3.05, 3.63) is 64.6 Å². The highest BCUT2D eigenvalue weighted by molar-refractivity contribution is 7.99. The van der Waals surface area contributed by atoms with Crippen LogP contribution in [0.25, 0.3) is 0 Å². The number of carbonyl (C=O) groups excluding carboxylic acids is 1. The van der Waals surface area contributed by atoms with E-state index in [1.54, 1.807) is 30.3 Å². The molecule has 1 aromatic heterocycles. The maximum Gasteiger partial charge on any atom is 0.270 e. The number of aromatic amines is 1. The van der Waals surface area contributed by atoms with E-state index >= 15 is 0 Å². The van der Waals surface area contributed by atoms with Crippen LogP contribution in [0, 0.1) is 0 Å². The number of aryl methyl sites for hydroxylation is 1. The van der Waals surface area contributed by atoms with Crippen LogP contribution in [0.15, 0.2) is 68.4 Å². The number of anilines is 1. The van der Waals surface area contributed by atoms with E-state index in [1.165, 1.54) is 26.4 Å². The molecule has 0 saturated heterocycles. The van der Waals surface area contributed by atoms with Crippen molar-refractivity contribution in [2.75, 3.05) is 25.3 Å². The number of methoxy groups -OCH3 is 2. The molecule has 0 atom stereocenters. The molecule has 0 bridgehead atoms. The van der Waals surface area contributed by atoms with Crippen molar-refractivity contribution in [2.45, 2.75) is 28.3 Å². The molecule has 1 amide bonds. The summed E-state index contributed by atoms with van der Waals surface area (Å²) in [6, 6.07) is 11.3. The maximum absolute atomic E-state index is 12.8. The van der Waals surface area contributed by atoms with Crippen molar-refractivity contribution in [1.29, 1.82) is 0 Å². The minimum absolute atomic E-state index is 0.0130. The molecule has 0 fully saturated rings. The standard InChI is InChI=1S/C22H23N3O6S2/c1-4-14-5-8-16(9-6-14)33(28,29)19-12-23-22(25-21(19)27)32-13-20(26)24-17-11-15(30-2)7-10-18(17)31-3/h5-12H,4,13H2,1-3H3,(H,24,26)(H,23,25,27). The maximum atomic E-state index is 12.8. The first kappa shape index (κ1) is 24.3. The number of aromatic nitrogens is 2. The van der Waals surface area contributed by atoms with Gasteiger partial charge in [0.05, 0.1) is 36.8 Å². The van der Waals surface area contributed by atoms with Gasteiger partial charge < -0.3 is 19.8 Å². The Kier molecular flexibility index (Phi) is 7.77. The van der Waals surface area contributed by atoms with Crippen molar-refractivity contribution in [3.8, 4) is 11.5 Å². The summed E-state index contributed by atoms with van der Waals surface area (Å²) in [4.78, 5) is 30.8. The number of hydrogen-bond acceptors (Lipinski definition) is 8. The van der Waals surface area contributed by atoms with Crippen LogP contribution in [-0.2, 0) is 21.1 Å². The summed E-state index contributed by atoms with van der Waals surface area (Å²) in [5, 5.41) is 2.83. The number of hydrogen-bond donors (Lipinski definition) is 2. The summed E-state index contributed by atoms with van der Waals surface area (Å²) in [7, 11) is -1.03. The fourth-order valence-corrected chi connectivity index (χ4v) is 4.76. The highest BCUT2D eigenvalue weighted by Gasteiger charge is 2.22. The lowest BCUT2D eigenvalue weighted by Crippen LogP contribution is -2.20. The fourth-order valence-electron chi connectivity index (χ4n) is 2.89. The molecule has 3 rings (SSSR count). The number of nitrogens with one attached hydrogen (secondary N) is 2. The lowest BCUT2D eigenvalue weighted by molar-refractivity contribution is -0.113. The number of amides is 1. The summed E-state index contributed by atoms with van der Waals surface area (Å²) >= 11 is 0.960. The largest absolute Gasteiger partial charge is 0.497 e.